The molecule has 3 aliphatic carbocycles. The van der Waals surface area contributed by atoms with Gasteiger partial charge in [-0.2, -0.15) is 50.9 Å². The van der Waals surface area contributed by atoms with E-state index in [0.717, 1.165) is 86.3 Å². The summed E-state index contributed by atoms with van der Waals surface area (Å²) in [4.78, 5) is 43.5. The van der Waals surface area contributed by atoms with Crippen LogP contribution >= 0.6 is 0 Å². The molecule has 0 bridgehead atoms. The molecule has 3 fully saturated rings. The fourth-order valence-corrected chi connectivity index (χ4v) is 13.3. The molecule has 10 heterocycles. The second kappa shape index (κ2) is 35.9. The number of anilines is 8. The van der Waals surface area contributed by atoms with Gasteiger partial charge < -0.3 is 40.2 Å². The van der Waals surface area contributed by atoms with Gasteiger partial charge in [-0.3, -0.25) is 23.1 Å². The van der Waals surface area contributed by atoms with Crippen molar-refractivity contribution in [2.75, 3.05) is 21.3 Å². The first-order valence-electron chi connectivity index (χ1n) is 37.8. The summed E-state index contributed by atoms with van der Waals surface area (Å²) in [6, 6.07) is 44.4. The molecule has 634 valence electrons. The fraction of sp³-hybridized carbons (Fsp3) is 0.151. The van der Waals surface area contributed by atoms with Crippen molar-refractivity contribution in [1.82, 2.24) is 67.9 Å². The van der Waals surface area contributed by atoms with Gasteiger partial charge in [-0.1, -0.05) is 6.07 Å². The molecule has 16 aromatic rings. The molecule has 0 amide bonds. The molecule has 4 N–H and O–H groups in total. The van der Waals surface area contributed by atoms with Crippen molar-refractivity contribution in [2.24, 2.45) is 0 Å². The minimum atomic E-state index is -3.18. The topological polar surface area (TPSA) is 305 Å². The maximum atomic E-state index is 14.4. The lowest BCUT2D eigenvalue weighted by Crippen LogP contribution is -2.06. The monoisotopic (exact) mass is 1730 g/mol. The van der Waals surface area contributed by atoms with Crippen LogP contribution < -0.4 is 40.2 Å². The van der Waals surface area contributed by atoms with Crippen LogP contribution in [-0.2, 0) is 0 Å². The van der Waals surface area contributed by atoms with Crippen LogP contribution in [0.4, 0.5) is 112 Å². The third-order valence-corrected chi connectivity index (χ3v) is 19.1. The van der Waals surface area contributed by atoms with Crippen LogP contribution in [0.5, 0.6) is 23.1 Å². The number of imidazole rings is 4. The molecule has 0 spiro atoms. The molecule has 10 aromatic heterocycles. The Morgan fingerprint density at radius 2 is 0.778 bits per heavy atom. The number of rotatable bonds is 23. The minimum Gasteiger partial charge on any atom is -0.435 e. The van der Waals surface area contributed by atoms with Gasteiger partial charge in [0.2, 0.25) is 5.88 Å². The van der Waals surface area contributed by atoms with E-state index in [4.69, 9.17) is 0 Å². The zero-order valence-corrected chi connectivity index (χ0v) is 64.2. The largest absolute Gasteiger partial charge is 0.435 e. The lowest BCUT2D eigenvalue weighted by atomic mass is 10.2. The normalized spacial score (nSPS) is 12.9. The summed E-state index contributed by atoms with van der Waals surface area (Å²) in [5.74, 6) is -2.76. The molecular formula is C86H56F15N21O4. The van der Waals surface area contributed by atoms with Gasteiger partial charge in [0.15, 0.2) is 29.0 Å². The Bertz CT molecular complexity index is 6700. The zero-order chi connectivity index (χ0) is 88.1. The molecular weight excluding hydrogens is 1680 g/mol. The van der Waals surface area contributed by atoms with Crippen LogP contribution in [-0.4, -0.2) is 94.4 Å². The summed E-state index contributed by atoms with van der Waals surface area (Å²) in [5, 5.41) is 40.4. The number of halogens is 15. The molecule has 6 aromatic carbocycles. The third kappa shape index (κ3) is 19.4. The first-order chi connectivity index (χ1) is 60.8. The number of hydrogen-bond acceptors (Lipinski definition) is 21. The maximum absolute atomic E-state index is 14.4. The van der Waals surface area contributed by atoms with Crippen LogP contribution in [0.3, 0.4) is 0 Å². The molecule has 3 aliphatic rings. The second-order valence-electron chi connectivity index (χ2n) is 28.1. The summed E-state index contributed by atoms with van der Waals surface area (Å²) in [5.41, 5.74) is 5.35. The van der Waals surface area contributed by atoms with Crippen LogP contribution in [0.15, 0.2) is 201 Å². The van der Waals surface area contributed by atoms with E-state index in [9.17, 15) is 81.6 Å². The van der Waals surface area contributed by atoms with Crippen LogP contribution in [0.2, 0.25) is 0 Å². The number of nitriles is 3. The standard InChI is InChI=1S/C23H14F5N5O.C23H15F4N5O.C22H14F4N6O.C18H13F2N5O/c24-13-7-16(26)21-17(8-13)33(22(32-21)12-1-2-12)20-6-11(10-29)5-19(31-20)30-14-3-4-18(15(25)9-14)34-23(27)28;24-14-9-17(25)21-18(10-14)32(22(31-21)13-1-2-13)20-8-12(11-28)7-19(30-20)29-15-3-5-16(6-4-15)33-23(26)27;23-13-7-15(24)20-16(8-13)32(21(31-20)12-1-2-12)18-6-11(9-27)5-17(30-18)29-14-3-4-19(28-10-14)33-22(25)26;19-18(20)26-13-6-4-12(5-7-13)23-16-11-21-9-14(24-16)15-10-22-17-3-1-2-8-25(15)17/h3-9,12,23H,1-2H2,(H,30,31);3-10,13,23H,1-2H2,(H,29,30);3-8,10,12,22H,1-2H2,(H,29,30);1-11,18H,(H,23,24). The number of nitrogens with one attached hydrogen (secondary N) is 4. The number of fused-ring (bicyclic) bond motifs is 4. The summed E-state index contributed by atoms with van der Waals surface area (Å²) < 4.78 is 221. The number of benzene rings is 6. The Morgan fingerprint density at radius 1 is 0.365 bits per heavy atom. The lowest BCUT2D eigenvalue weighted by Gasteiger charge is -2.13. The highest BCUT2D eigenvalue weighted by Gasteiger charge is 2.35. The van der Waals surface area contributed by atoms with E-state index in [-0.39, 0.29) is 126 Å². The van der Waals surface area contributed by atoms with E-state index in [2.05, 4.69) is 96.1 Å². The Hall–Kier alpha value is -16.1. The zero-order valence-electron chi connectivity index (χ0n) is 64.2. The predicted octanol–water partition coefficient (Wildman–Crippen LogP) is 21.0. The van der Waals surface area contributed by atoms with Gasteiger partial charge in [0, 0.05) is 89.5 Å². The van der Waals surface area contributed by atoms with Crippen molar-refractivity contribution in [3.8, 4) is 70.2 Å². The van der Waals surface area contributed by atoms with Crippen molar-refractivity contribution in [2.45, 2.75) is 82.7 Å². The Morgan fingerprint density at radius 3 is 1.18 bits per heavy atom. The highest BCUT2D eigenvalue weighted by Crippen LogP contribution is 2.46. The van der Waals surface area contributed by atoms with Crippen LogP contribution in [0, 0.1) is 74.7 Å². The van der Waals surface area contributed by atoms with Crippen molar-refractivity contribution >= 4 is 84.8 Å². The van der Waals surface area contributed by atoms with Gasteiger partial charge in [-0.05, 0) is 154 Å². The van der Waals surface area contributed by atoms with Gasteiger partial charge in [-0.25, -0.2) is 75.6 Å². The number of alkyl halides is 8. The Balaban J connectivity index is 0.000000124. The quantitative estimate of drug-likeness (QED) is 0.0432. The second-order valence-corrected chi connectivity index (χ2v) is 28.1. The number of aromatic nitrogens is 14. The van der Waals surface area contributed by atoms with E-state index in [0.29, 0.717) is 46.0 Å². The molecule has 0 atom stereocenters. The summed E-state index contributed by atoms with van der Waals surface area (Å²) >= 11 is 0. The molecule has 3 saturated carbocycles. The summed E-state index contributed by atoms with van der Waals surface area (Å²) in [6.07, 6.45) is 13.2. The SMILES string of the molecule is FC(F)Oc1ccc(Nc2cncc(-c3cnc4ccccn34)n2)cc1.N#Cc1cc(Nc2ccc(OC(F)F)c(F)c2)nc(-n2c(C3CC3)nc3c(F)cc(F)cc32)c1.N#Cc1cc(Nc2ccc(OC(F)F)cc2)nc(-n2c(C3CC3)nc3c(F)cc(F)cc32)c1.N#Cc1cc(Nc2ccc(OC(F)F)nc2)nc(-n2c(C3CC3)nc3c(F)cc(F)cc32)c1. The van der Waals surface area contributed by atoms with Gasteiger partial charge in [0.25, 0.3) is 0 Å². The van der Waals surface area contributed by atoms with Gasteiger partial charge in [0.1, 0.15) is 115 Å². The summed E-state index contributed by atoms with van der Waals surface area (Å²) in [6.45, 7) is -11.9. The molecule has 25 nitrogen and oxygen atoms in total. The molecule has 0 saturated heterocycles. The Kier molecular flexibility index (Phi) is 23.8. The minimum absolute atomic E-state index is 0.00186. The maximum Gasteiger partial charge on any atom is 0.388 e. The highest BCUT2D eigenvalue weighted by molar-refractivity contribution is 5.82. The van der Waals surface area contributed by atoms with Crippen LogP contribution in [0.25, 0.3) is 67.6 Å². The number of hydrogen-bond donors (Lipinski definition) is 4. The van der Waals surface area contributed by atoms with Crippen molar-refractivity contribution in [3.05, 3.63) is 276 Å². The third-order valence-electron chi connectivity index (χ3n) is 19.1. The van der Waals surface area contributed by atoms with Crippen molar-refractivity contribution < 1.29 is 84.8 Å². The van der Waals surface area contributed by atoms with Crippen molar-refractivity contribution in [1.29, 1.82) is 15.8 Å². The van der Waals surface area contributed by atoms with E-state index in [1.54, 1.807) is 39.9 Å². The molecule has 0 aliphatic heterocycles. The summed E-state index contributed by atoms with van der Waals surface area (Å²) in [7, 11) is 0. The van der Waals surface area contributed by atoms with Gasteiger partial charge >= 0.3 is 26.4 Å². The molecule has 0 radical (unpaired) electrons. The van der Waals surface area contributed by atoms with Crippen LogP contribution in [0.1, 0.15) is 90.4 Å². The van der Waals surface area contributed by atoms with E-state index >= 15 is 0 Å². The molecule has 126 heavy (non-hydrogen) atoms. The van der Waals surface area contributed by atoms with Gasteiger partial charge in [0.05, 0.1) is 87.6 Å². The smallest absolute Gasteiger partial charge is 0.388 e. The number of pyridine rings is 5. The van der Waals surface area contributed by atoms with E-state index in [1.807, 2.05) is 40.9 Å². The molecule has 0 unspecified atom stereocenters. The highest BCUT2D eigenvalue weighted by atomic mass is 19.3. The first kappa shape index (κ1) is 83.6. The van der Waals surface area contributed by atoms with E-state index < -0.39 is 72.9 Å². The number of nitrogens with zero attached hydrogens (tertiary/aromatic N) is 17. The first-order valence-corrected chi connectivity index (χ1v) is 37.8. The average molecular weight is 1730 g/mol. The Labute approximate surface area is 700 Å². The predicted molar refractivity (Wildman–Crippen MR) is 426 cm³/mol. The molecule has 19 rings (SSSR count). The van der Waals surface area contributed by atoms with E-state index in [1.165, 1.54) is 114 Å². The van der Waals surface area contributed by atoms with Gasteiger partial charge in [-0.15, -0.1) is 0 Å². The molecule has 40 heteroatoms. The van der Waals surface area contributed by atoms with Crippen molar-refractivity contribution in [3.63, 3.8) is 0 Å². The average Bonchev–Trinajstić information content (AvgIpc) is 1.60. The lowest BCUT2D eigenvalue weighted by molar-refractivity contribution is -0.0532. The number of ether oxygens (including phenoxy) is 4. The fourth-order valence-electron chi connectivity index (χ4n) is 13.3.